The number of benzene rings is 1. The van der Waals surface area contributed by atoms with Gasteiger partial charge in [0.2, 0.25) is 0 Å². The Hall–Kier alpha value is -1.53. The first-order valence-electron chi connectivity index (χ1n) is 6.51. The van der Waals surface area contributed by atoms with Gasteiger partial charge in [0.05, 0.1) is 19.3 Å². The summed E-state index contributed by atoms with van der Waals surface area (Å²) in [5.74, 6) is 2.47. The summed E-state index contributed by atoms with van der Waals surface area (Å²) in [6, 6.07) is 7.81. The van der Waals surface area contributed by atoms with Crippen molar-refractivity contribution in [2.75, 3.05) is 26.1 Å². The average molecular weight is 293 g/mol. The van der Waals surface area contributed by atoms with E-state index in [1.54, 1.807) is 18.9 Å². The molecular formula is C14H19N3O2S. The number of thioether (sulfide) groups is 1. The maximum absolute atomic E-state index is 5.37. The van der Waals surface area contributed by atoms with Crippen molar-refractivity contribution in [3.63, 3.8) is 0 Å². The fourth-order valence-corrected chi connectivity index (χ4v) is 2.60. The minimum absolute atomic E-state index is 0.720. The van der Waals surface area contributed by atoms with Crippen LogP contribution in [0.1, 0.15) is 6.92 Å². The van der Waals surface area contributed by atoms with Crippen LogP contribution in [0.25, 0.3) is 11.4 Å². The Labute approximate surface area is 123 Å². The highest BCUT2D eigenvalue weighted by atomic mass is 32.2. The summed E-state index contributed by atoms with van der Waals surface area (Å²) in [7, 11) is 3.62. The molecule has 0 bridgehead atoms. The smallest absolute Gasteiger partial charge is 0.191 e. The van der Waals surface area contributed by atoms with Crippen molar-refractivity contribution in [3.8, 4) is 17.1 Å². The largest absolute Gasteiger partial charge is 0.496 e. The number of ether oxygens (including phenoxy) is 2. The lowest BCUT2D eigenvalue weighted by Gasteiger charge is -2.08. The van der Waals surface area contributed by atoms with Gasteiger partial charge in [0, 0.05) is 19.4 Å². The van der Waals surface area contributed by atoms with Gasteiger partial charge in [0.15, 0.2) is 11.0 Å². The summed E-state index contributed by atoms with van der Waals surface area (Å²) in [4.78, 5) is 0. The Kier molecular flexibility index (Phi) is 5.43. The van der Waals surface area contributed by atoms with Crippen LogP contribution in [0.5, 0.6) is 5.75 Å². The molecule has 0 amide bonds. The van der Waals surface area contributed by atoms with Crippen molar-refractivity contribution in [2.45, 2.75) is 12.1 Å². The van der Waals surface area contributed by atoms with E-state index in [2.05, 4.69) is 10.2 Å². The van der Waals surface area contributed by atoms with Crippen LogP contribution in [0.4, 0.5) is 0 Å². The van der Waals surface area contributed by atoms with Crippen LogP contribution in [0.3, 0.4) is 0 Å². The average Bonchev–Trinajstić information content (AvgIpc) is 2.85. The zero-order chi connectivity index (χ0) is 14.4. The molecule has 108 valence electrons. The third-order valence-corrected chi connectivity index (χ3v) is 3.83. The molecule has 1 aromatic carbocycles. The number of para-hydroxylation sites is 1. The van der Waals surface area contributed by atoms with Gasteiger partial charge in [-0.3, -0.25) is 0 Å². The summed E-state index contributed by atoms with van der Waals surface area (Å²) >= 11 is 1.64. The minimum atomic E-state index is 0.720. The molecule has 0 atom stereocenters. The molecule has 20 heavy (non-hydrogen) atoms. The molecule has 5 nitrogen and oxygen atoms in total. The van der Waals surface area contributed by atoms with Crippen molar-refractivity contribution in [1.82, 2.24) is 14.8 Å². The summed E-state index contributed by atoms with van der Waals surface area (Å²) in [5, 5.41) is 9.37. The van der Waals surface area contributed by atoms with Crippen molar-refractivity contribution in [2.24, 2.45) is 7.05 Å². The third kappa shape index (κ3) is 3.32. The maximum Gasteiger partial charge on any atom is 0.191 e. The van der Waals surface area contributed by atoms with Crippen LogP contribution in [0, 0.1) is 0 Å². The number of aromatic nitrogens is 3. The van der Waals surface area contributed by atoms with Crippen LogP contribution in [0.15, 0.2) is 29.4 Å². The molecule has 0 aliphatic rings. The predicted octanol–water partition coefficient (Wildman–Crippen LogP) is 2.62. The zero-order valence-corrected chi connectivity index (χ0v) is 12.8. The van der Waals surface area contributed by atoms with Gasteiger partial charge in [-0.25, -0.2) is 0 Å². The molecule has 0 aliphatic carbocycles. The molecule has 2 rings (SSSR count). The monoisotopic (exact) mass is 293 g/mol. The maximum atomic E-state index is 5.37. The van der Waals surface area contributed by atoms with E-state index in [1.807, 2.05) is 42.8 Å². The molecule has 6 heteroatoms. The topological polar surface area (TPSA) is 49.2 Å². The van der Waals surface area contributed by atoms with Crippen LogP contribution in [-0.4, -0.2) is 40.8 Å². The summed E-state index contributed by atoms with van der Waals surface area (Å²) in [6.45, 7) is 3.45. The van der Waals surface area contributed by atoms with Gasteiger partial charge in [0.1, 0.15) is 5.75 Å². The lowest BCUT2D eigenvalue weighted by molar-refractivity contribution is 0.164. The van der Waals surface area contributed by atoms with Gasteiger partial charge in [0.25, 0.3) is 0 Å². The van der Waals surface area contributed by atoms with Gasteiger partial charge >= 0.3 is 0 Å². The molecule has 0 saturated heterocycles. The Bertz CT molecular complexity index is 557. The first-order valence-corrected chi connectivity index (χ1v) is 7.49. The number of methoxy groups -OCH3 is 1. The second-order valence-electron chi connectivity index (χ2n) is 4.11. The molecule has 0 saturated carbocycles. The first kappa shape index (κ1) is 14.9. The van der Waals surface area contributed by atoms with Gasteiger partial charge < -0.3 is 14.0 Å². The van der Waals surface area contributed by atoms with Gasteiger partial charge in [-0.05, 0) is 19.1 Å². The Morgan fingerprint density at radius 3 is 2.80 bits per heavy atom. The predicted molar refractivity (Wildman–Crippen MR) is 80.2 cm³/mol. The molecule has 0 unspecified atom stereocenters. The lowest BCUT2D eigenvalue weighted by Crippen LogP contribution is -2.00. The highest BCUT2D eigenvalue weighted by Gasteiger charge is 2.14. The van der Waals surface area contributed by atoms with Gasteiger partial charge in [-0.15, -0.1) is 10.2 Å². The first-order chi connectivity index (χ1) is 9.77. The summed E-state index contributed by atoms with van der Waals surface area (Å²) in [5.41, 5.74) is 0.946. The molecule has 2 aromatic rings. The lowest BCUT2D eigenvalue weighted by atomic mass is 10.2. The van der Waals surface area contributed by atoms with E-state index >= 15 is 0 Å². The third-order valence-electron chi connectivity index (χ3n) is 2.85. The molecule has 1 heterocycles. The normalized spacial score (nSPS) is 10.8. The van der Waals surface area contributed by atoms with E-state index in [0.717, 1.165) is 41.3 Å². The van der Waals surface area contributed by atoms with Crippen LogP contribution in [-0.2, 0) is 11.8 Å². The van der Waals surface area contributed by atoms with Gasteiger partial charge in [-0.1, -0.05) is 23.9 Å². The van der Waals surface area contributed by atoms with E-state index in [-0.39, 0.29) is 0 Å². The summed E-state index contributed by atoms with van der Waals surface area (Å²) in [6.07, 6.45) is 0. The Morgan fingerprint density at radius 1 is 1.25 bits per heavy atom. The molecular weight excluding hydrogens is 274 g/mol. The number of rotatable bonds is 7. The van der Waals surface area contributed by atoms with Gasteiger partial charge in [-0.2, -0.15) is 0 Å². The highest BCUT2D eigenvalue weighted by molar-refractivity contribution is 7.99. The van der Waals surface area contributed by atoms with Crippen LogP contribution < -0.4 is 4.74 Å². The number of hydrogen-bond donors (Lipinski definition) is 0. The quantitative estimate of drug-likeness (QED) is 0.580. The van der Waals surface area contributed by atoms with Crippen LogP contribution in [0.2, 0.25) is 0 Å². The van der Waals surface area contributed by atoms with E-state index in [1.165, 1.54) is 0 Å². The standard InChI is InChI=1S/C14H19N3O2S/c1-4-19-9-10-20-14-16-15-13(17(14)2)11-7-5-6-8-12(11)18-3/h5-8H,4,9-10H2,1-3H3. The fourth-order valence-electron chi connectivity index (χ4n) is 1.84. The van der Waals surface area contributed by atoms with E-state index in [0.29, 0.717) is 0 Å². The fraction of sp³-hybridized carbons (Fsp3) is 0.429. The van der Waals surface area contributed by atoms with Crippen LogP contribution >= 0.6 is 11.8 Å². The number of hydrogen-bond acceptors (Lipinski definition) is 5. The van der Waals surface area contributed by atoms with E-state index in [4.69, 9.17) is 9.47 Å². The minimum Gasteiger partial charge on any atom is -0.496 e. The second-order valence-corrected chi connectivity index (χ2v) is 5.17. The molecule has 0 fully saturated rings. The Morgan fingerprint density at radius 2 is 2.05 bits per heavy atom. The molecule has 0 aliphatic heterocycles. The van der Waals surface area contributed by atoms with Crippen molar-refractivity contribution in [1.29, 1.82) is 0 Å². The molecule has 0 spiro atoms. The van der Waals surface area contributed by atoms with E-state index < -0.39 is 0 Å². The SMILES string of the molecule is CCOCCSc1nnc(-c2ccccc2OC)n1C. The molecule has 0 N–H and O–H groups in total. The summed E-state index contributed by atoms with van der Waals surface area (Å²) < 4.78 is 12.7. The van der Waals surface area contributed by atoms with Crippen molar-refractivity contribution in [3.05, 3.63) is 24.3 Å². The number of nitrogens with zero attached hydrogens (tertiary/aromatic N) is 3. The van der Waals surface area contributed by atoms with Crippen molar-refractivity contribution < 1.29 is 9.47 Å². The van der Waals surface area contributed by atoms with E-state index in [9.17, 15) is 0 Å². The molecule has 0 radical (unpaired) electrons. The zero-order valence-electron chi connectivity index (χ0n) is 12.0. The molecule has 1 aromatic heterocycles. The highest BCUT2D eigenvalue weighted by Crippen LogP contribution is 2.29. The van der Waals surface area contributed by atoms with Crippen molar-refractivity contribution >= 4 is 11.8 Å². The second kappa shape index (κ2) is 7.31. The Balaban J connectivity index is 2.16.